The summed E-state index contributed by atoms with van der Waals surface area (Å²) < 4.78 is 16.9. The molecule has 25 heavy (non-hydrogen) atoms. The maximum absolute atomic E-state index is 12.5. The van der Waals surface area contributed by atoms with Crippen molar-refractivity contribution >= 4 is 23.0 Å². The Balaban J connectivity index is 1.74. The Labute approximate surface area is 142 Å². The van der Waals surface area contributed by atoms with E-state index in [1.165, 1.54) is 4.57 Å². The van der Waals surface area contributed by atoms with Gasteiger partial charge in [0.25, 0.3) is 5.91 Å². The molecule has 2 atom stereocenters. The SMILES string of the molecule is Cn1c(=O)oc2ccc(C(=O)N[C@@H]3CCOC[C@H]3OCC(=O)O)cc21. The molecule has 0 unspecified atom stereocenters. The highest BCUT2D eigenvalue weighted by Gasteiger charge is 2.29. The van der Waals surface area contributed by atoms with Crippen LogP contribution in [0.1, 0.15) is 16.8 Å². The first-order valence-electron chi connectivity index (χ1n) is 7.77. The number of nitrogens with one attached hydrogen (secondary N) is 1. The number of hydrogen-bond donors (Lipinski definition) is 2. The second kappa shape index (κ2) is 7.08. The lowest BCUT2D eigenvalue weighted by atomic mass is 10.0. The summed E-state index contributed by atoms with van der Waals surface area (Å²) in [4.78, 5) is 34.7. The normalized spacial score (nSPS) is 20.5. The molecule has 0 aliphatic carbocycles. The van der Waals surface area contributed by atoms with Crippen LogP contribution in [0.15, 0.2) is 27.4 Å². The molecule has 9 heteroatoms. The molecule has 1 saturated heterocycles. The number of amides is 1. The second-order valence-electron chi connectivity index (χ2n) is 5.80. The molecule has 3 rings (SSSR count). The number of ether oxygens (including phenoxy) is 2. The van der Waals surface area contributed by atoms with E-state index < -0.39 is 24.4 Å². The first kappa shape index (κ1) is 17.2. The van der Waals surface area contributed by atoms with Crippen LogP contribution in [0.5, 0.6) is 0 Å². The van der Waals surface area contributed by atoms with Crippen LogP contribution >= 0.6 is 0 Å². The zero-order valence-electron chi connectivity index (χ0n) is 13.6. The van der Waals surface area contributed by atoms with Crippen LogP contribution < -0.4 is 11.1 Å². The molecular formula is C16H18N2O7. The summed E-state index contributed by atoms with van der Waals surface area (Å²) in [5.41, 5.74) is 1.29. The van der Waals surface area contributed by atoms with Crippen molar-refractivity contribution < 1.29 is 28.6 Å². The van der Waals surface area contributed by atoms with Gasteiger partial charge in [0.1, 0.15) is 12.7 Å². The summed E-state index contributed by atoms with van der Waals surface area (Å²) in [6.07, 6.45) is -0.0153. The van der Waals surface area contributed by atoms with Gasteiger partial charge in [-0.05, 0) is 24.6 Å². The number of benzene rings is 1. The lowest BCUT2D eigenvalue weighted by Gasteiger charge is -2.31. The van der Waals surface area contributed by atoms with Crippen LogP contribution in [-0.4, -0.2) is 53.5 Å². The Kier molecular flexibility index (Phi) is 4.86. The maximum Gasteiger partial charge on any atom is 0.419 e. The third-order valence-electron chi connectivity index (χ3n) is 4.10. The molecule has 0 bridgehead atoms. The van der Waals surface area contributed by atoms with E-state index in [-0.39, 0.29) is 18.6 Å². The molecule has 1 aliphatic rings. The third-order valence-corrected chi connectivity index (χ3v) is 4.10. The molecule has 2 heterocycles. The van der Waals surface area contributed by atoms with Crippen LogP contribution in [-0.2, 0) is 21.3 Å². The summed E-state index contributed by atoms with van der Waals surface area (Å²) in [5, 5.41) is 11.6. The number of nitrogens with zero attached hydrogens (tertiary/aromatic N) is 1. The average molecular weight is 350 g/mol. The minimum Gasteiger partial charge on any atom is -0.480 e. The van der Waals surface area contributed by atoms with Crippen LogP contribution in [0.4, 0.5) is 0 Å². The van der Waals surface area contributed by atoms with E-state index in [4.69, 9.17) is 19.0 Å². The van der Waals surface area contributed by atoms with Crippen molar-refractivity contribution in [1.82, 2.24) is 9.88 Å². The minimum atomic E-state index is -1.08. The topological polar surface area (TPSA) is 120 Å². The number of carbonyl (C=O) groups excluding carboxylic acids is 1. The predicted octanol–water partition coefficient (Wildman–Crippen LogP) is 0.120. The third kappa shape index (κ3) is 3.72. The monoisotopic (exact) mass is 350 g/mol. The van der Waals surface area contributed by atoms with Gasteiger partial charge in [0.05, 0.1) is 18.2 Å². The number of hydrogen-bond acceptors (Lipinski definition) is 6. The zero-order valence-corrected chi connectivity index (χ0v) is 13.6. The van der Waals surface area contributed by atoms with Crippen molar-refractivity contribution in [2.75, 3.05) is 19.8 Å². The zero-order chi connectivity index (χ0) is 18.0. The van der Waals surface area contributed by atoms with E-state index in [2.05, 4.69) is 5.32 Å². The van der Waals surface area contributed by atoms with Gasteiger partial charge in [0, 0.05) is 19.2 Å². The highest BCUT2D eigenvalue weighted by Crippen LogP contribution is 2.16. The molecule has 1 amide bonds. The Bertz CT molecular complexity index is 854. The van der Waals surface area contributed by atoms with Gasteiger partial charge in [-0.1, -0.05) is 0 Å². The van der Waals surface area contributed by atoms with Crippen LogP contribution in [0.25, 0.3) is 11.1 Å². The summed E-state index contributed by atoms with van der Waals surface area (Å²) in [6, 6.07) is 4.34. The average Bonchev–Trinajstić information content (AvgIpc) is 2.88. The maximum atomic E-state index is 12.5. The molecule has 9 nitrogen and oxygen atoms in total. The smallest absolute Gasteiger partial charge is 0.419 e. The van der Waals surface area contributed by atoms with Crippen LogP contribution in [0.3, 0.4) is 0 Å². The van der Waals surface area contributed by atoms with Crippen LogP contribution in [0.2, 0.25) is 0 Å². The molecule has 1 fully saturated rings. The number of aliphatic carboxylic acids is 1. The van der Waals surface area contributed by atoms with Gasteiger partial charge in [-0.2, -0.15) is 0 Å². The number of rotatable bonds is 5. The van der Waals surface area contributed by atoms with Gasteiger partial charge in [-0.25, -0.2) is 9.59 Å². The Morgan fingerprint density at radius 2 is 2.24 bits per heavy atom. The number of fused-ring (bicyclic) bond motifs is 1. The summed E-state index contributed by atoms with van der Waals surface area (Å²) in [6.45, 7) is 0.212. The molecule has 134 valence electrons. The lowest BCUT2D eigenvalue weighted by Crippen LogP contribution is -2.50. The Morgan fingerprint density at radius 1 is 1.44 bits per heavy atom. The van der Waals surface area contributed by atoms with E-state index in [1.54, 1.807) is 25.2 Å². The largest absolute Gasteiger partial charge is 0.480 e. The standard InChI is InChI=1S/C16H18N2O7/c1-18-11-6-9(2-3-12(11)25-16(18)22)15(21)17-10-4-5-23-7-13(10)24-8-14(19)20/h2-3,6,10,13H,4-5,7-8H2,1H3,(H,17,21)(H,19,20)/t10-,13-/m1/s1. The minimum absolute atomic E-state index is 0.216. The predicted molar refractivity (Wildman–Crippen MR) is 85.5 cm³/mol. The van der Waals surface area contributed by atoms with Gasteiger partial charge < -0.3 is 24.3 Å². The van der Waals surface area contributed by atoms with Gasteiger partial charge >= 0.3 is 11.7 Å². The summed E-state index contributed by atoms with van der Waals surface area (Å²) >= 11 is 0. The quantitative estimate of drug-likeness (QED) is 0.786. The highest BCUT2D eigenvalue weighted by molar-refractivity contribution is 5.97. The second-order valence-corrected chi connectivity index (χ2v) is 5.80. The van der Waals surface area contributed by atoms with Crippen molar-refractivity contribution in [1.29, 1.82) is 0 Å². The van der Waals surface area contributed by atoms with E-state index >= 15 is 0 Å². The van der Waals surface area contributed by atoms with Gasteiger partial charge in [0.15, 0.2) is 5.58 Å². The summed E-state index contributed by atoms with van der Waals surface area (Å²) in [5.74, 6) is -1.92. The molecule has 1 aromatic heterocycles. The molecule has 0 spiro atoms. The molecule has 0 saturated carbocycles. The lowest BCUT2D eigenvalue weighted by molar-refractivity contribution is -0.148. The number of carbonyl (C=O) groups is 2. The first-order chi connectivity index (χ1) is 12.0. The fourth-order valence-corrected chi connectivity index (χ4v) is 2.74. The molecule has 2 aromatic rings. The molecule has 0 radical (unpaired) electrons. The molecule has 1 aliphatic heterocycles. The number of carboxylic acids is 1. The fourth-order valence-electron chi connectivity index (χ4n) is 2.74. The van der Waals surface area contributed by atoms with Gasteiger partial charge in [-0.15, -0.1) is 0 Å². The Hall–Kier alpha value is -2.65. The van der Waals surface area contributed by atoms with E-state index in [0.29, 0.717) is 29.7 Å². The van der Waals surface area contributed by atoms with Crippen molar-refractivity contribution in [3.05, 3.63) is 34.3 Å². The van der Waals surface area contributed by atoms with E-state index in [1.807, 2.05) is 0 Å². The highest BCUT2D eigenvalue weighted by atomic mass is 16.5. The fraction of sp³-hybridized carbons (Fsp3) is 0.438. The van der Waals surface area contributed by atoms with Gasteiger partial charge in [-0.3, -0.25) is 9.36 Å². The van der Waals surface area contributed by atoms with Crippen molar-refractivity contribution in [2.45, 2.75) is 18.6 Å². The first-order valence-corrected chi connectivity index (χ1v) is 7.77. The number of carboxylic acid groups (broad SMARTS) is 1. The number of oxazole rings is 1. The van der Waals surface area contributed by atoms with Crippen molar-refractivity contribution in [3.63, 3.8) is 0 Å². The van der Waals surface area contributed by atoms with Crippen molar-refractivity contribution in [3.8, 4) is 0 Å². The molecular weight excluding hydrogens is 332 g/mol. The molecule has 1 aromatic carbocycles. The number of aryl methyl sites for hydroxylation is 1. The van der Waals surface area contributed by atoms with E-state index in [0.717, 1.165) is 0 Å². The van der Waals surface area contributed by atoms with Crippen LogP contribution in [0, 0.1) is 0 Å². The van der Waals surface area contributed by atoms with Gasteiger partial charge in [0.2, 0.25) is 0 Å². The van der Waals surface area contributed by atoms with E-state index in [9.17, 15) is 14.4 Å². The number of aromatic nitrogens is 1. The Morgan fingerprint density at radius 3 is 3.00 bits per heavy atom. The molecule has 2 N–H and O–H groups in total. The summed E-state index contributed by atoms with van der Waals surface area (Å²) in [7, 11) is 1.56. The van der Waals surface area contributed by atoms with Crippen molar-refractivity contribution in [2.24, 2.45) is 7.05 Å².